The van der Waals surface area contributed by atoms with E-state index in [0.29, 0.717) is 13.1 Å². The Morgan fingerprint density at radius 1 is 1.25 bits per heavy atom. The lowest BCUT2D eigenvalue weighted by molar-refractivity contribution is -0.133. The molecule has 146 valence electrons. The SMILES string of the molecule is O=C1CN(CC(=O)N2CCCC(c3[nH]ncc3-c3ccc(F)cc3)C2)C(=O)N1. The number of hydrogen-bond acceptors (Lipinski definition) is 4. The van der Waals surface area contributed by atoms with Gasteiger partial charge in [-0.3, -0.25) is 20.0 Å². The van der Waals surface area contributed by atoms with Crippen molar-refractivity contribution in [3.8, 4) is 11.1 Å². The molecule has 1 aromatic carbocycles. The van der Waals surface area contributed by atoms with Crippen LogP contribution in [0.1, 0.15) is 24.5 Å². The van der Waals surface area contributed by atoms with Crippen LogP contribution in [0.3, 0.4) is 0 Å². The van der Waals surface area contributed by atoms with Crippen molar-refractivity contribution in [2.75, 3.05) is 26.2 Å². The van der Waals surface area contributed by atoms with Crippen LogP contribution in [-0.4, -0.2) is 64.0 Å². The maximum atomic E-state index is 13.2. The maximum Gasteiger partial charge on any atom is 0.325 e. The minimum atomic E-state index is -0.529. The van der Waals surface area contributed by atoms with Crippen molar-refractivity contribution in [1.29, 1.82) is 0 Å². The smallest absolute Gasteiger partial charge is 0.325 e. The average Bonchev–Trinajstić information content (AvgIpc) is 3.29. The summed E-state index contributed by atoms with van der Waals surface area (Å²) in [6.07, 6.45) is 3.43. The van der Waals surface area contributed by atoms with E-state index < -0.39 is 11.9 Å². The van der Waals surface area contributed by atoms with Crippen molar-refractivity contribution in [3.05, 3.63) is 42.0 Å². The molecule has 8 nitrogen and oxygen atoms in total. The molecule has 2 aliphatic rings. The number of carbonyl (C=O) groups excluding carboxylic acids is 3. The van der Waals surface area contributed by atoms with E-state index in [4.69, 9.17) is 0 Å². The second-order valence-electron chi connectivity index (χ2n) is 7.09. The molecule has 1 unspecified atom stereocenters. The monoisotopic (exact) mass is 385 g/mol. The first-order valence-electron chi connectivity index (χ1n) is 9.17. The first-order valence-corrected chi connectivity index (χ1v) is 9.17. The molecule has 2 aliphatic heterocycles. The molecule has 1 atom stereocenters. The summed E-state index contributed by atoms with van der Waals surface area (Å²) in [5.41, 5.74) is 2.67. The van der Waals surface area contributed by atoms with E-state index in [9.17, 15) is 18.8 Å². The Labute approximate surface area is 160 Å². The quantitative estimate of drug-likeness (QED) is 0.779. The number of aromatic nitrogens is 2. The van der Waals surface area contributed by atoms with E-state index in [1.165, 1.54) is 17.0 Å². The zero-order chi connectivity index (χ0) is 19.7. The molecule has 1 aromatic heterocycles. The molecule has 28 heavy (non-hydrogen) atoms. The van der Waals surface area contributed by atoms with Crippen molar-refractivity contribution in [2.24, 2.45) is 0 Å². The topological polar surface area (TPSA) is 98.4 Å². The van der Waals surface area contributed by atoms with Gasteiger partial charge in [-0.1, -0.05) is 12.1 Å². The fourth-order valence-corrected chi connectivity index (χ4v) is 3.78. The standard InChI is InChI=1S/C19H20FN5O3/c20-14-5-3-12(4-6-14)15-8-21-23-18(15)13-2-1-7-24(9-13)17(27)11-25-10-16(26)22-19(25)28/h3-6,8,13H,1-2,7,9-11H2,(H,21,23)(H,22,26,28). The second kappa shape index (κ2) is 7.41. The molecular weight excluding hydrogens is 365 g/mol. The van der Waals surface area contributed by atoms with Crippen LogP contribution in [0.2, 0.25) is 0 Å². The van der Waals surface area contributed by atoms with E-state index in [0.717, 1.165) is 29.7 Å². The summed E-state index contributed by atoms with van der Waals surface area (Å²) in [6.45, 7) is 0.909. The van der Waals surface area contributed by atoms with Gasteiger partial charge in [0, 0.05) is 30.3 Å². The fraction of sp³-hybridized carbons (Fsp3) is 0.368. The number of nitrogens with zero attached hydrogens (tertiary/aromatic N) is 3. The maximum absolute atomic E-state index is 13.2. The van der Waals surface area contributed by atoms with E-state index in [2.05, 4.69) is 15.5 Å². The number of nitrogens with one attached hydrogen (secondary N) is 2. The number of amides is 4. The molecule has 0 bridgehead atoms. The van der Waals surface area contributed by atoms with Gasteiger partial charge < -0.3 is 9.80 Å². The van der Waals surface area contributed by atoms with Crippen LogP contribution in [0, 0.1) is 5.82 Å². The van der Waals surface area contributed by atoms with Crippen molar-refractivity contribution in [2.45, 2.75) is 18.8 Å². The minimum Gasteiger partial charge on any atom is -0.340 e. The van der Waals surface area contributed by atoms with Gasteiger partial charge in [-0.05, 0) is 30.5 Å². The molecule has 2 aromatic rings. The van der Waals surface area contributed by atoms with Gasteiger partial charge in [0.2, 0.25) is 11.8 Å². The summed E-state index contributed by atoms with van der Waals surface area (Å²) >= 11 is 0. The minimum absolute atomic E-state index is 0.0642. The highest BCUT2D eigenvalue weighted by Crippen LogP contribution is 2.33. The molecule has 2 N–H and O–H groups in total. The molecule has 2 saturated heterocycles. The summed E-state index contributed by atoms with van der Waals surface area (Å²) < 4.78 is 13.2. The summed E-state index contributed by atoms with van der Waals surface area (Å²) in [6, 6.07) is 5.70. The van der Waals surface area contributed by atoms with Crippen molar-refractivity contribution in [1.82, 2.24) is 25.3 Å². The number of likely N-dealkylation sites (tertiary alicyclic amines) is 1. The Balaban J connectivity index is 1.47. The van der Waals surface area contributed by atoms with Gasteiger partial charge in [0.05, 0.1) is 6.20 Å². The number of rotatable bonds is 4. The molecule has 2 fully saturated rings. The normalized spacial score (nSPS) is 19.8. The number of carbonyl (C=O) groups is 3. The van der Waals surface area contributed by atoms with Crippen LogP contribution in [-0.2, 0) is 9.59 Å². The number of hydrogen-bond donors (Lipinski definition) is 2. The van der Waals surface area contributed by atoms with Crippen LogP contribution in [0.25, 0.3) is 11.1 Å². The zero-order valence-corrected chi connectivity index (χ0v) is 15.2. The van der Waals surface area contributed by atoms with Crippen LogP contribution >= 0.6 is 0 Å². The molecule has 4 amide bonds. The lowest BCUT2D eigenvalue weighted by atomic mass is 9.90. The molecular formula is C19H20FN5O3. The van der Waals surface area contributed by atoms with E-state index in [1.54, 1.807) is 23.2 Å². The summed E-state index contributed by atoms with van der Waals surface area (Å²) in [4.78, 5) is 38.5. The van der Waals surface area contributed by atoms with Gasteiger partial charge in [-0.25, -0.2) is 9.18 Å². The Morgan fingerprint density at radius 3 is 2.75 bits per heavy atom. The van der Waals surface area contributed by atoms with E-state index >= 15 is 0 Å². The Bertz CT molecular complexity index is 911. The molecule has 3 heterocycles. The van der Waals surface area contributed by atoms with Gasteiger partial charge in [-0.15, -0.1) is 0 Å². The van der Waals surface area contributed by atoms with Gasteiger partial charge >= 0.3 is 6.03 Å². The predicted octanol–water partition coefficient (Wildman–Crippen LogP) is 1.47. The lowest BCUT2D eigenvalue weighted by Crippen LogP contribution is -2.45. The molecule has 4 rings (SSSR count). The van der Waals surface area contributed by atoms with Gasteiger partial charge in [0.25, 0.3) is 0 Å². The largest absolute Gasteiger partial charge is 0.340 e. The summed E-state index contributed by atoms with van der Waals surface area (Å²) in [5.74, 6) is -0.810. The lowest BCUT2D eigenvalue weighted by Gasteiger charge is -2.33. The van der Waals surface area contributed by atoms with Crippen molar-refractivity contribution < 1.29 is 18.8 Å². The number of imide groups is 1. The van der Waals surface area contributed by atoms with Crippen molar-refractivity contribution >= 4 is 17.8 Å². The average molecular weight is 385 g/mol. The number of aromatic amines is 1. The highest BCUT2D eigenvalue weighted by molar-refractivity contribution is 6.03. The number of halogens is 1. The highest BCUT2D eigenvalue weighted by Gasteiger charge is 2.32. The molecule has 9 heteroatoms. The third kappa shape index (κ3) is 3.60. The van der Waals surface area contributed by atoms with Gasteiger partial charge in [0.1, 0.15) is 18.9 Å². The van der Waals surface area contributed by atoms with E-state index in [1.807, 2.05) is 0 Å². The van der Waals surface area contributed by atoms with Crippen LogP contribution < -0.4 is 5.32 Å². The number of piperidine rings is 1. The van der Waals surface area contributed by atoms with Gasteiger partial charge in [-0.2, -0.15) is 5.10 Å². The Morgan fingerprint density at radius 2 is 2.04 bits per heavy atom. The van der Waals surface area contributed by atoms with Crippen LogP contribution in [0.5, 0.6) is 0 Å². The number of benzene rings is 1. The summed E-state index contributed by atoms with van der Waals surface area (Å²) in [5, 5.41) is 9.35. The van der Waals surface area contributed by atoms with Crippen LogP contribution in [0.15, 0.2) is 30.5 Å². The first-order chi connectivity index (χ1) is 13.5. The van der Waals surface area contributed by atoms with Gasteiger partial charge in [0.15, 0.2) is 0 Å². The fourth-order valence-electron chi connectivity index (χ4n) is 3.78. The number of H-pyrrole nitrogens is 1. The highest BCUT2D eigenvalue weighted by atomic mass is 19.1. The third-order valence-corrected chi connectivity index (χ3v) is 5.20. The Kier molecular flexibility index (Phi) is 4.81. The molecule has 0 spiro atoms. The number of urea groups is 1. The van der Waals surface area contributed by atoms with Crippen LogP contribution in [0.4, 0.5) is 9.18 Å². The van der Waals surface area contributed by atoms with E-state index in [-0.39, 0.29) is 30.7 Å². The van der Waals surface area contributed by atoms with Crippen molar-refractivity contribution in [3.63, 3.8) is 0 Å². The zero-order valence-electron chi connectivity index (χ0n) is 15.2. The predicted molar refractivity (Wildman–Crippen MR) is 97.6 cm³/mol. The molecule has 0 aliphatic carbocycles. The molecule has 0 radical (unpaired) electrons. The Hall–Kier alpha value is -3.23. The summed E-state index contributed by atoms with van der Waals surface area (Å²) in [7, 11) is 0. The second-order valence-corrected chi connectivity index (χ2v) is 7.09. The first kappa shape index (κ1) is 18.1. The molecule has 0 saturated carbocycles. The third-order valence-electron chi connectivity index (χ3n) is 5.20.